The van der Waals surface area contributed by atoms with Crippen LogP contribution in [0.4, 0.5) is 0 Å². The van der Waals surface area contributed by atoms with E-state index in [4.69, 9.17) is 18.9 Å². The molecule has 57 heavy (non-hydrogen) atoms. The Labute approximate surface area is 346 Å². The summed E-state index contributed by atoms with van der Waals surface area (Å²) >= 11 is 0. The highest BCUT2D eigenvalue weighted by molar-refractivity contribution is 5.70. The third-order valence-corrected chi connectivity index (χ3v) is 10.6. The number of carbonyl (C=O) groups is 2. The second-order valence-corrected chi connectivity index (χ2v) is 15.9. The van der Waals surface area contributed by atoms with Gasteiger partial charge in [-0.3, -0.25) is 9.59 Å². The minimum atomic E-state index is -1.60. The fraction of sp³-hybridized carbons (Fsp3) is 0.830. The Balaban J connectivity index is 2.31. The number of aliphatic hydroxyl groups is 4. The lowest BCUT2D eigenvalue weighted by Gasteiger charge is -2.39. The Bertz CT molecular complexity index is 1010. The Morgan fingerprint density at radius 3 is 1.58 bits per heavy atom. The van der Waals surface area contributed by atoms with Crippen molar-refractivity contribution in [2.75, 3.05) is 19.8 Å². The first-order valence-electron chi connectivity index (χ1n) is 23.0. The summed E-state index contributed by atoms with van der Waals surface area (Å²) in [5.41, 5.74) is 0. The molecule has 2 unspecified atom stereocenters. The molecule has 0 saturated carbocycles. The first-order valence-corrected chi connectivity index (χ1v) is 23.0. The predicted molar refractivity (Wildman–Crippen MR) is 229 cm³/mol. The van der Waals surface area contributed by atoms with Gasteiger partial charge in [0, 0.05) is 12.8 Å². The zero-order valence-corrected chi connectivity index (χ0v) is 35.9. The smallest absolute Gasteiger partial charge is 0.306 e. The fourth-order valence-electron chi connectivity index (χ4n) is 6.96. The summed E-state index contributed by atoms with van der Waals surface area (Å²) in [6.45, 7) is 4.92. The van der Waals surface area contributed by atoms with E-state index in [0.717, 1.165) is 64.2 Å². The molecule has 0 spiro atoms. The van der Waals surface area contributed by atoms with Crippen molar-refractivity contribution in [2.45, 2.75) is 230 Å². The summed E-state index contributed by atoms with van der Waals surface area (Å²) in [7, 11) is 0. The lowest BCUT2D eigenvalue weighted by atomic mass is 9.99. The number of unbranched alkanes of at least 4 members (excludes halogenated alkanes) is 23. The summed E-state index contributed by atoms with van der Waals surface area (Å²) in [4.78, 5) is 25.3. The van der Waals surface area contributed by atoms with Crippen molar-refractivity contribution in [3.63, 3.8) is 0 Å². The van der Waals surface area contributed by atoms with Crippen LogP contribution in [0.1, 0.15) is 193 Å². The summed E-state index contributed by atoms with van der Waals surface area (Å²) in [5.74, 6) is -0.815. The van der Waals surface area contributed by atoms with Gasteiger partial charge in [-0.1, -0.05) is 153 Å². The molecule has 4 N–H and O–H groups in total. The Morgan fingerprint density at radius 1 is 0.596 bits per heavy atom. The summed E-state index contributed by atoms with van der Waals surface area (Å²) in [6, 6.07) is 0. The lowest BCUT2D eigenvalue weighted by Crippen LogP contribution is -2.59. The van der Waals surface area contributed by atoms with Gasteiger partial charge in [-0.25, -0.2) is 0 Å². The van der Waals surface area contributed by atoms with Crippen molar-refractivity contribution < 1.29 is 49.0 Å². The van der Waals surface area contributed by atoms with Gasteiger partial charge in [-0.15, -0.1) is 6.58 Å². The highest BCUT2D eigenvalue weighted by Gasteiger charge is 2.44. The van der Waals surface area contributed by atoms with Gasteiger partial charge in [-0.2, -0.15) is 0 Å². The molecule has 1 rings (SSSR count). The third-order valence-electron chi connectivity index (χ3n) is 10.6. The van der Waals surface area contributed by atoms with Crippen LogP contribution in [0.25, 0.3) is 0 Å². The number of esters is 2. The van der Waals surface area contributed by atoms with Crippen LogP contribution in [0.5, 0.6) is 0 Å². The fourth-order valence-corrected chi connectivity index (χ4v) is 6.96. The van der Waals surface area contributed by atoms with Gasteiger partial charge < -0.3 is 39.4 Å². The zero-order chi connectivity index (χ0) is 41.6. The Hall–Kier alpha value is -2.08. The van der Waals surface area contributed by atoms with E-state index in [0.29, 0.717) is 6.42 Å². The summed E-state index contributed by atoms with van der Waals surface area (Å²) in [5, 5.41) is 40.1. The quantitative estimate of drug-likeness (QED) is 0.0268. The van der Waals surface area contributed by atoms with Crippen LogP contribution < -0.4 is 0 Å². The van der Waals surface area contributed by atoms with Crippen LogP contribution in [0.15, 0.2) is 37.0 Å². The number of hydrogen-bond donors (Lipinski definition) is 4. The van der Waals surface area contributed by atoms with E-state index in [1.54, 1.807) is 0 Å². The highest BCUT2D eigenvalue weighted by atomic mass is 16.7. The van der Waals surface area contributed by atoms with Crippen LogP contribution in [0.3, 0.4) is 0 Å². The van der Waals surface area contributed by atoms with E-state index in [2.05, 4.69) is 37.8 Å². The van der Waals surface area contributed by atoms with Crippen molar-refractivity contribution in [3.05, 3.63) is 37.0 Å². The summed E-state index contributed by atoms with van der Waals surface area (Å²) in [6.07, 6.45) is 34.6. The average Bonchev–Trinajstić information content (AvgIpc) is 3.21. The van der Waals surface area contributed by atoms with Gasteiger partial charge in [0.25, 0.3) is 0 Å². The minimum Gasteiger partial charge on any atom is -0.462 e. The van der Waals surface area contributed by atoms with E-state index in [-0.39, 0.29) is 32.0 Å². The molecule has 0 aromatic rings. The molecule has 0 radical (unpaired) electrons. The number of allylic oxidation sites excluding steroid dienone is 5. The van der Waals surface area contributed by atoms with Gasteiger partial charge in [0.2, 0.25) is 0 Å². The number of aliphatic hydroxyl groups excluding tert-OH is 4. The van der Waals surface area contributed by atoms with Crippen molar-refractivity contribution >= 4 is 11.9 Å². The van der Waals surface area contributed by atoms with Crippen molar-refractivity contribution in [2.24, 2.45) is 0 Å². The third kappa shape index (κ3) is 29.7. The van der Waals surface area contributed by atoms with Crippen molar-refractivity contribution in [1.29, 1.82) is 0 Å². The van der Waals surface area contributed by atoms with Gasteiger partial charge in [-0.05, 0) is 57.8 Å². The molecule has 1 aliphatic rings. The molecule has 0 bridgehead atoms. The number of ether oxygens (including phenoxy) is 4. The molecule has 0 aliphatic carbocycles. The lowest BCUT2D eigenvalue weighted by molar-refractivity contribution is -0.305. The SMILES string of the molecule is C=CCCCCCCCCCCCCCCCC(=O)O[C@@H](COC(=O)CCCCCCCCC/C=C/C/C=C/CCCCC)CO[C@H]1O[C@@H](CO)[C@@H](O)C(O)C1O. The van der Waals surface area contributed by atoms with Crippen LogP contribution in [0.2, 0.25) is 0 Å². The van der Waals surface area contributed by atoms with E-state index >= 15 is 0 Å². The molecule has 10 nitrogen and oxygen atoms in total. The number of rotatable bonds is 39. The van der Waals surface area contributed by atoms with Gasteiger partial charge in [0.05, 0.1) is 13.2 Å². The van der Waals surface area contributed by atoms with Gasteiger partial charge in [0.1, 0.15) is 31.0 Å². The molecule has 1 saturated heterocycles. The molecular weight excluding hydrogens is 725 g/mol. The van der Waals surface area contributed by atoms with E-state index in [9.17, 15) is 30.0 Å². The Kier molecular flexibility index (Phi) is 35.4. The van der Waals surface area contributed by atoms with Gasteiger partial charge >= 0.3 is 11.9 Å². The van der Waals surface area contributed by atoms with Crippen molar-refractivity contribution in [1.82, 2.24) is 0 Å². The molecule has 332 valence electrons. The second kappa shape index (κ2) is 38.1. The molecule has 10 heteroatoms. The van der Waals surface area contributed by atoms with E-state index < -0.39 is 49.4 Å². The predicted octanol–water partition coefficient (Wildman–Crippen LogP) is 9.89. The molecule has 6 atom stereocenters. The molecule has 0 aromatic heterocycles. The largest absolute Gasteiger partial charge is 0.462 e. The first-order chi connectivity index (χ1) is 27.8. The van der Waals surface area contributed by atoms with Crippen LogP contribution in [0, 0.1) is 0 Å². The molecule has 1 heterocycles. The molecule has 1 aliphatic heterocycles. The molecular formula is C47H84O10. The van der Waals surface area contributed by atoms with Gasteiger partial charge in [0.15, 0.2) is 12.4 Å². The van der Waals surface area contributed by atoms with Crippen LogP contribution in [-0.2, 0) is 28.5 Å². The normalized spacial score (nSPS) is 20.3. The maximum atomic E-state index is 12.8. The molecule has 0 amide bonds. The van der Waals surface area contributed by atoms with E-state index in [1.165, 1.54) is 103 Å². The second-order valence-electron chi connectivity index (χ2n) is 15.9. The van der Waals surface area contributed by atoms with Crippen LogP contribution >= 0.6 is 0 Å². The molecule has 1 fully saturated rings. The number of hydrogen-bond acceptors (Lipinski definition) is 10. The maximum Gasteiger partial charge on any atom is 0.306 e. The van der Waals surface area contributed by atoms with E-state index in [1.807, 2.05) is 6.08 Å². The first kappa shape index (κ1) is 52.9. The maximum absolute atomic E-state index is 12.8. The Morgan fingerprint density at radius 2 is 1.07 bits per heavy atom. The monoisotopic (exact) mass is 809 g/mol. The van der Waals surface area contributed by atoms with Crippen molar-refractivity contribution in [3.8, 4) is 0 Å². The molecule has 0 aromatic carbocycles. The topological polar surface area (TPSA) is 152 Å². The number of carbonyl (C=O) groups excluding carboxylic acids is 2. The van der Waals surface area contributed by atoms with Crippen LogP contribution in [-0.4, -0.2) is 89.0 Å². The summed E-state index contributed by atoms with van der Waals surface area (Å²) < 4.78 is 22.2. The standard InChI is InChI=1S/C47H84O10/c1-3-5-7-9-11-13-15-17-19-20-22-23-25-27-29-31-33-35-42(49)54-38-40(39-55-47-46(53)45(52)44(51)41(37-48)57-47)56-43(50)36-34-32-30-28-26-24-21-18-16-14-12-10-8-6-4-2/h4,11,13,17,19,40-41,44-48,51-53H,2-3,5-10,12,14-16,18,20-39H2,1H3/b13-11+,19-17+/t40-,41-,44+,45?,46?,47-/m0/s1. The average molecular weight is 809 g/mol. The minimum absolute atomic E-state index is 0.221. The highest BCUT2D eigenvalue weighted by Crippen LogP contribution is 2.23. The zero-order valence-electron chi connectivity index (χ0n) is 35.9.